The minimum absolute atomic E-state index is 0.0399. The molecule has 0 amide bonds. The highest BCUT2D eigenvalue weighted by molar-refractivity contribution is 5.21. The molecule has 2 heteroatoms. The molecule has 0 unspecified atom stereocenters. The topological polar surface area (TPSA) is 15.3 Å². The lowest BCUT2D eigenvalue weighted by atomic mass is 10.0. The van der Waals surface area contributed by atoms with Crippen LogP contribution in [0.1, 0.15) is 27.7 Å². The van der Waals surface area contributed by atoms with Crippen LogP contribution in [-0.2, 0) is 0 Å². The van der Waals surface area contributed by atoms with Crippen LogP contribution in [0.4, 0.5) is 0 Å². The van der Waals surface area contributed by atoms with Gasteiger partial charge in [0, 0.05) is 12.7 Å². The molecule has 0 aromatic rings. The molecule has 11 heavy (non-hydrogen) atoms. The summed E-state index contributed by atoms with van der Waals surface area (Å²) in [6, 6.07) is 0. The quantitative estimate of drug-likeness (QED) is 0.569. The highest BCUT2D eigenvalue weighted by Gasteiger charge is 2.42. The maximum atomic E-state index is 4.05. The van der Waals surface area contributed by atoms with E-state index >= 15 is 0 Å². The van der Waals surface area contributed by atoms with Gasteiger partial charge in [0.15, 0.2) is 0 Å². The van der Waals surface area contributed by atoms with Gasteiger partial charge in [0.05, 0.1) is 11.2 Å². The Hall–Kier alpha value is -0.500. The molecule has 1 aliphatic rings. The zero-order valence-electron chi connectivity index (χ0n) is 8.15. The number of hydrogen-bond acceptors (Lipinski definition) is 2. The third-order valence-corrected chi connectivity index (χ3v) is 2.58. The van der Waals surface area contributed by atoms with Crippen molar-refractivity contribution in [3.05, 3.63) is 12.3 Å². The SMILES string of the molecule is C=C1N(C)C(C)(C)NC1(C)C. The number of nitrogens with one attached hydrogen (secondary N) is 1. The van der Waals surface area contributed by atoms with Crippen LogP contribution in [0.3, 0.4) is 0 Å². The van der Waals surface area contributed by atoms with E-state index in [0.717, 1.165) is 5.70 Å². The summed E-state index contributed by atoms with van der Waals surface area (Å²) < 4.78 is 0. The molecule has 1 fully saturated rings. The summed E-state index contributed by atoms with van der Waals surface area (Å²) in [5.74, 6) is 0. The standard InChI is InChI=1S/C9H18N2/c1-7-8(2,3)10-9(4,5)11(7)6/h10H,1H2,2-6H3. The van der Waals surface area contributed by atoms with E-state index in [1.54, 1.807) is 0 Å². The van der Waals surface area contributed by atoms with Gasteiger partial charge in [0.1, 0.15) is 0 Å². The zero-order chi connectivity index (χ0) is 8.86. The van der Waals surface area contributed by atoms with Crippen molar-refractivity contribution in [2.75, 3.05) is 7.05 Å². The molecule has 1 saturated heterocycles. The molecule has 1 rings (SSSR count). The van der Waals surface area contributed by atoms with Gasteiger partial charge >= 0.3 is 0 Å². The van der Waals surface area contributed by atoms with Crippen molar-refractivity contribution in [3.8, 4) is 0 Å². The van der Waals surface area contributed by atoms with Crippen LogP contribution < -0.4 is 5.32 Å². The molecule has 0 saturated carbocycles. The molecule has 0 spiro atoms. The summed E-state index contributed by atoms with van der Waals surface area (Å²) in [7, 11) is 2.07. The van der Waals surface area contributed by atoms with Crippen LogP contribution in [0, 0.1) is 0 Å². The molecule has 0 aliphatic carbocycles. The van der Waals surface area contributed by atoms with Crippen molar-refractivity contribution in [2.45, 2.75) is 38.9 Å². The molecule has 64 valence electrons. The van der Waals surface area contributed by atoms with E-state index in [4.69, 9.17) is 0 Å². The van der Waals surface area contributed by atoms with Crippen molar-refractivity contribution >= 4 is 0 Å². The van der Waals surface area contributed by atoms with E-state index < -0.39 is 0 Å². The number of rotatable bonds is 0. The molecule has 0 bridgehead atoms. The fraction of sp³-hybridized carbons (Fsp3) is 0.778. The molecule has 0 aromatic carbocycles. The molecular weight excluding hydrogens is 136 g/mol. The molecule has 0 radical (unpaired) electrons. The van der Waals surface area contributed by atoms with Crippen LogP contribution in [0.2, 0.25) is 0 Å². The predicted molar refractivity (Wildman–Crippen MR) is 48.2 cm³/mol. The minimum atomic E-state index is 0.0399. The maximum absolute atomic E-state index is 4.05. The van der Waals surface area contributed by atoms with Gasteiger partial charge in [-0.25, -0.2) is 0 Å². The van der Waals surface area contributed by atoms with Gasteiger partial charge < -0.3 is 4.90 Å². The molecule has 1 aliphatic heterocycles. The van der Waals surface area contributed by atoms with Crippen LogP contribution in [-0.4, -0.2) is 23.1 Å². The largest absolute Gasteiger partial charge is 0.359 e. The minimum Gasteiger partial charge on any atom is -0.359 e. The van der Waals surface area contributed by atoms with E-state index in [2.05, 4.69) is 51.5 Å². The van der Waals surface area contributed by atoms with Gasteiger partial charge in [-0.05, 0) is 27.7 Å². The zero-order valence-corrected chi connectivity index (χ0v) is 8.15. The van der Waals surface area contributed by atoms with Gasteiger partial charge in [-0.2, -0.15) is 0 Å². The smallest absolute Gasteiger partial charge is 0.0852 e. The molecule has 0 aromatic heterocycles. The van der Waals surface area contributed by atoms with Crippen LogP contribution in [0.5, 0.6) is 0 Å². The van der Waals surface area contributed by atoms with Crippen molar-refractivity contribution < 1.29 is 0 Å². The van der Waals surface area contributed by atoms with Gasteiger partial charge in [-0.1, -0.05) is 6.58 Å². The second kappa shape index (κ2) is 2.01. The first-order valence-corrected chi connectivity index (χ1v) is 4.00. The second-order valence-corrected chi connectivity index (χ2v) is 4.31. The molecule has 2 nitrogen and oxygen atoms in total. The molecule has 1 N–H and O–H groups in total. The molecule has 0 atom stereocenters. The Morgan fingerprint density at radius 2 is 1.73 bits per heavy atom. The third-order valence-electron chi connectivity index (χ3n) is 2.58. The van der Waals surface area contributed by atoms with E-state index in [1.165, 1.54) is 0 Å². The Kier molecular flexibility index (Phi) is 1.57. The van der Waals surface area contributed by atoms with Gasteiger partial charge in [-0.3, -0.25) is 5.32 Å². The number of nitrogens with zero attached hydrogens (tertiary/aromatic N) is 1. The Balaban J connectivity index is 2.96. The first-order chi connectivity index (χ1) is 4.77. The number of hydrogen-bond donors (Lipinski definition) is 1. The lowest BCUT2D eigenvalue weighted by molar-refractivity contribution is 0.216. The summed E-state index contributed by atoms with van der Waals surface area (Å²) in [6.45, 7) is 12.7. The second-order valence-electron chi connectivity index (χ2n) is 4.31. The van der Waals surface area contributed by atoms with Gasteiger partial charge in [0.2, 0.25) is 0 Å². The average molecular weight is 154 g/mol. The summed E-state index contributed by atoms with van der Waals surface area (Å²) in [5, 5.41) is 3.50. The maximum Gasteiger partial charge on any atom is 0.0852 e. The van der Waals surface area contributed by atoms with Crippen molar-refractivity contribution in [3.63, 3.8) is 0 Å². The summed E-state index contributed by atoms with van der Waals surface area (Å²) in [5.41, 5.74) is 1.24. The fourth-order valence-electron chi connectivity index (χ4n) is 1.68. The van der Waals surface area contributed by atoms with E-state index in [0.29, 0.717) is 0 Å². The highest BCUT2D eigenvalue weighted by Crippen LogP contribution is 2.32. The Morgan fingerprint density at radius 3 is 1.82 bits per heavy atom. The van der Waals surface area contributed by atoms with Gasteiger partial charge in [0.25, 0.3) is 0 Å². The van der Waals surface area contributed by atoms with Gasteiger partial charge in [-0.15, -0.1) is 0 Å². The van der Waals surface area contributed by atoms with Crippen LogP contribution >= 0.6 is 0 Å². The summed E-state index contributed by atoms with van der Waals surface area (Å²) in [4.78, 5) is 2.19. The lowest BCUT2D eigenvalue weighted by Gasteiger charge is -2.29. The van der Waals surface area contributed by atoms with E-state index in [1.807, 2.05) is 0 Å². The Morgan fingerprint density at radius 1 is 1.27 bits per heavy atom. The van der Waals surface area contributed by atoms with Crippen molar-refractivity contribution in [1.82, 2.24) is 10.2 Å². The first kappa shape index (κ1) is 8.60. The summed E-state index contributed by atoms with van der Waals surface area (Å²) >= 11 is 0. The molecular formula is C9H18N2. The van der Waals surface area contributed by atoms with Crippen molar-refractivity contribution in [2.24, 2.45) is 0 Å². The van der Waals surface area contributed by atoms with E-state index in [-0.39, 0.29) is 11.2 Å². The highest BCUT2D eigenvalue weighted by atomic mass is 15.4. The normalized spacial score (nSPS) is 27.7. The Labute approximate surface area is 69.3 Å². The predicted octanol–water partition coefficient (Wildman–Crippen LogP) is 1.55. The van der Waals surface area contributed by atoms with E-state index in [9.17, 15) is 0 Å². The van der Waals surface area contributed by atoms with Crippen molar-refractivity contribution in [1.29, 1.82) is 0 Å². The monoisotopic (exact) mass is 154 g/mol. The molecule has 1 heterocycles. The van der Waals surface area contributed by atoms with Crippen LogP contribution in [0.25, 0.3) is 0 Å². The third kappa shape index (κ3) is 1.16. The summed E-state index contributed by atoms with van der Waals surface area (Å²) in [6.07, 6.45) is 0. The lowest BCUT2D eigenvalue weighted by Crippen LogP contribution is -2.47. The number of likely N-dealkylation sites (N-methyl/N-ethyl adjacent to an activating group) is 1. The Bertz CT molecular complexity index is 192. The van der Waals surface area contributed by atoms with Crippen LogP contribution in [0.15, 0.2) is 12.3 Å². The first-order valence-electron chi connectivity index (χ1n) is 4.00. The average Bonchev–Trinajstić information content (AvgIpc) is 1.91. The fourth-order valence-corrected chi connectivity index (χ4v) is 1.68.